The molecule has 4 rings (SSSR count). The van der Waals surface area contributed by atoms with Crippen molar-refractivity contribution in [1.82, 2.24) is 25.5 Å². The van der Waals surface area contributed by atoms with Gasteiger partial charge in [0.2, 0.25) is 13.9 Å². The van der Waals surface area contributed by atoms with E-state index in [1.807, 2.05) is 36.5 Å². The summed E-state index contributed by atoms with van der Waals surface area (Å²) in [7, 11) is 5.08. The van der Waals surface area contributed by atoms with Gasteiger partial charge >= 0.3 is 0 Å². The van der Waals surface area contributed by atoms with Crippen molar-refractivity contribution in [3.63, 3.8) is 0 Å². The highest BCUT2D eigenvalue weighted by Crippen LogP contribution is 2.23. The molecule has 0 saturated heterocycles. The molecule has 0 aliphatic carbocycles. The molecule has 8 heteroatoms. The highest BCUT2D eigenvalue weighted by molar-refractivity contribution is 6.14. The Morgan fingerprint density at radius 2 is 1.93 bits per heavy atom. The van der Waals surface area contributed by atoms with Crippen molar-refractivity contribution in [2.45, 2.75) is 19.4 Å². The van der Waals surface area contributed by atoms with Crippen molar-refractivity contribution in [2.75, 3.05) is 0 Å². The van der Waals surface area contributed by atoms with Gasteiger partial charge in [-0.1, -0.05) is 24.3 Å². The van der Waals surface area contributed by atoms with E-state index in [-0.39, 0.29) is 24.3 Å². The minimum atomic E-state index is -0.346. The molecule has 0 aliphatic heterocycles. The van der Waals surface area contributed by atoms with Gasteiger partial charge in [-0.15, -0.1) is 0 Å². The lowest BCUT2D eigenvalue weighted by molar-refractivity contribution is -0.119. The van der Waals surface area contributed by atoms with E-state index in [1.165, 1.54) is 0 Å². The third kappa shape index (κ3) is 3.96. The first kappa shape index (κ1) is 18.7. The van der Waals surface area contributed by atoms with E-state index >= 15 is 0 Å². The second-order valence-corrected chi connectivity index (χ2v) is 6.88. The van der Waals surface area contributed by atoms with Crippen LogP contribution >= 0.6 is 0 Å². The van der Waals surface area contributed by atoms with E-state index in [4.69, 9.17) is 7.98 Å². The van der Waals surface area contributed by atoms with Crippen LogP contribution in [0.5, 0.6) is 0 Å². The van der Waals surface area contributed by atoms with Gasteiger partial charge in [0.1, 0.15) is 5.69 Å². The topological polar surface area (TPSA) is 99.8 Å². The monoisotopic (exact) mass is 383 g/mol. The van der Waals surface area contributed by atoms with Gasteiger partial charge in [0, 0.05) is 29.6 Å². The molecule has 0 aliphatic rings. The van der Waals surface area contributed by atoms with Crippen LogP contribution in [0.15, 0.2) is 54.7 Å². The largest absolute Gasteiger partial charge is 0.409 e. The van der Waals surface area contributed by atoms with Gasteiger partial charge < -0.3 is 15.5 Å². The quantitative estimate of drug-likeness (QED) is 0.461. The van der Waals surface area contributed by atoms with Gasteiger partial charge in [0.25, 0.3) is 5.91 Å². The van der Waals surface area contributed by atoms with Crippen molar-refractivity contribution in [1.29, 1.82) is 0 Å². The number of aromatic nitrogens is 3. The molecule has 7 nitrogen and oxygen atoms in total. The minimum absolute atomic E-state index is 0.103. The summed E-state index contributed by atoms with van der Waals surface area (Å²) in [6.07, 6.45) is 1.92. The second kappa shape index (κ2) is 7.75. The normalized spacial score (nSPS) is 12.0. The molecule has 2 amide bonds. The zero-order chi connectivity index (χ0) is 20.4. The van der Waals surface area contributed by atoms with Gasteiger partial charge in [-0.05, 0) is 36.6 Å². The van der Waals surface area contributed by atoms with Crippen LogP contribution in [0, 0.1) is 0 Å². The summed E-state index contributed by atoms with van der Waals surface area (Å²) in [5.41, 5.74) is 2.67. The number of nitrogens with one attached hydrogen (secondary N) is 3. The lowest BCUT2D eigenvalue weighted by atomic mass is 10.1. The van der Waals surface area contributed by atoms with Crippen LogP contribution < -0.4 is 10.5 Å². The molecule has 0 bridgehead atoms. The SMILES string of the molecule is [B]NC(=O)CC(C)NC(=O)c1ccc2nc(-c3cc4ccccc4cn3)[nH]c2c1. The molecule has 142 valence electrons. The Kier molecular flexibility index (Phi) is 4.99. The van der Waals surface area contributed by atoms with Gasteiger partial charge in [0.15, 0.2) is 5.82 Å². The van der Waals surface area contributed by atoms with Crippen LogP contribution in [0.3, 0.4) is 0 Å². The fourth-order valence-electron chi connectivity index (χ4n) is 3.18. The first-order chi connectivity index (χ1) is 14.0. The summed E-state index contributed by atoms with van der Waals surface area (Å²) in [4.78, 5) is 36.1. The number of carbonyl (C=O) groups is 2. The van der Waals surface area contributed by atoms with Crippen LogP contribution in [0.25, 0.3) is 33.3 Å². The molecule has 2 radical (unpaired) electrons. The zero-order valence-electron chi connectivity index (χ0n) is 15.8. The van der Waals surface area contributed by atoms with Gasteiger partial charge in [-0.25, -0.2) is 4.98 Å². The van der Waals surface area contributed by atoms with Crippen molar-refractivity contribution in [3.05, 3.63) is 60.3 Å². The maximum atomic E-state index is 12.5. The average molecular weight is 383 g/mol. The molecule has 1 atom stereocenters. The number of benzene rings is 2. The van der Waals surface area contributed by atoms with Crippen molar-refractivity contribution >= 4 is 41.6 Å². The number of nitrogens with zero attached hydrogens (tertiary/aromatic N) is 2. The Bertz CT molecular complexity index is 1220. The molecule has 2 aromatic heterocycles. The smallest absolute Gasteiger partial charge is 0.251 e. The Hall–Kier alpha value is -3.68. The Morgan fingerprint density at radius 3 is 2.72 bits per heavy atom. The number of amides is 2. The summed E-state index contributed by atoms with van der Waals surface area (Å²) in [5.74, 6) is 0.0230. The highest BCUT2D eigenvalue weighted by atomic mass is 16.2. The molecule has 2 aromatic carbocycles. The summed E-state index contributed by atoms with van der Waals surface area (Å²) in [6, 6.07) is 14.8. The van der Waals surface area contributed by atoms with Crippen molar-refractivity contribution in [2.24, 2.45) is 0 Å². The Morgan fingerprint density at radius 1 is 1.14 bits per heavy atom. The standard InChI is InChI=1S/C21H18BN5O2/c1-12(8-19(28)27-22)24-21(29)14-6-7-16-17(10-14)26-20(25-16)18-9-13-4-2-3-5-15(13)11-23-18/h2-7,9-12H,8H2,1H3,(H,24,29)(H,25,26)(H,27,28). The number of hydrogen-bond acceptors (Lipinski definition) is 4. The second-order valence-electron chi connectivity index (χ2n) is 6.88. The van der Waals surface area contributed by atoms with Crippen molar-refractivity contribution in [3.8, 4) is 11.5 Å². The minimum Gasteiger partial charge on any atom is -0.409 e. The van der Waals surface area contributed by atoms with E-state index in [0.717, 1.165) is 27.5 Å². The van der Waals surface area contributed by atoms with Crippen LogP contribution in [-0.2, 0) is 4.79 Å². The molecule has 3 N–H and O–H groups in total. The van der Waals surface area contributed by atoms with Gasteiger partial charge in [-0.3, -0.25) is 14.6 Å². The first-order valence-electron chi connectivity index (χ1n) is 9.19. The van der Waals surface area contributed by atoms with E-state index in [2.05, 4.69) is 25.5 Å². The lowest BCUT2D eigenvalue weighted by Crippen LogP contribution is -2.36. The number of hydrogen-bond donors (Lipinski definition) is 3. The summed E-state index contributed by atoms with van der Waals surface area (Å²) in [6.45, 7) is 1.74. The van der Waals surface area contributed by atoms with Crippen LogP contribution in [0.2, 0.25) is 0 Å². The maximum absolute atomic E-state index is 12.5. The molecular formula is C21H18BN5O2. The van der Waals surface area contributed by atoms with E-state index in [9.17, 15) is 9.59 Å². The number of pyridine rings is 1. The maximum Gasteiger partial charge on any atom is 0.251 e. The number of fused-ring (bicyclic) bond motifs is 2. The highest BCUT2D eigenvalue weighted by Gasteiger charge is 2.14. The molecule has 29 heavy (non-hydrogen) atoms. The van der Waals surface area contributed by atoms with Gasteiger partial charge in [-0.2, -0.15) is 0 Å². The molecule has 2 heterocycles. The fraction of sp³-hybridized carbons (Fsp3) is 0.143. The predicted molar refractivity (Wildman–Crippen MR) is 112 cm³/mol. The Labute approximate surface area is 168 Å². The molecule has 4 aromatic rings. The zero-order valence-corrected chi connectivity index (χ0v) is 15.8. The fourth-order valence-corrected chi connectivity index (χ4v) is 3.18. The molecule has 0 spiro atoms. The number of carbonyl (C=O) groups excluding carboxylic acids is 2. The third-order valence-electron chi connectivity index (χ3n) is 4.65. The lowest BCUT2D eigenvalue weighted by Gasteiger charge is -2.13. The first-order valence-corrected chi connectivity index (χ1v) is 9.19. The van der Waals surface area contributed by atoms with Gasteiger partial charge in [0.05, 0.1) is 11.0 Å². The number of rotatable bonds is 5. The van der Waals surface area contributed by atoms with E-state index < -0.39 is 0 Å². The Balaban J connectivity index is 1.58. The predicted octanol–water partition coefficient (Wildman–Crippen LogP) is 2.49. The summed E-state index contributed by atoms with van der Waals surface area (Å²) in [5, 5.41) is 6.97. The molecule has 0 saturated carbocycles. The number of imidazole rings is 1. The van der Waals surface area contributed by atoms with E-state index in [1.54, 1.807) is 25.1 Å². The average Bonchev–Trinajstić information content (AvgIpc) is 3.16. The molecular weight excluding hydrogens is 365 g/mol. The summed E-state index contributed by atoms with van der Waals surface area (Å²) >= 11 is 0. The number of aromatic amines is 1. The summed E-state index contributed by atoms with van der Waals surface area (Å²) < 4.78 is 0. The van der Waals surface area contributed by atoms with Crippen LogP contribution in [0.1, 0.15) is 23.7 Å². The van der Waals surface area contributed by atoms with Crippen molar-refractivity contribution < 1.29 is 9.59 Å². The van der Waals surface area contributed by atoms with E-state index in [0.29, 0.717) is 11.4 Å². The van der Waals surface area contributed by atoms with Crippen LogP contribution in [-0.4, -0.2) is 40.8 Å². The third-order valence-corrected chi connectivity index (χ3v) is 4.65. The molecule has 1 unspecified atom stereocenters. The number of H-pyrrole nitrogens is 1. The van der Waals surface area contributed by atoms with Crippen LogP contribution in [0.4, 0.5) is 0 Å². The molecule has 0 fully saturated rings.